The maximum absolute atomic E-state index is 11.5. The Morgan fingerprint density at radius 3 is 2.71 bits per heavy atom. The van der Waals surface area contributed by atoms with E-state index in [4.69, 9.17) is 0 Å². The van der Waals surface area contributed by atoms with Crippen molar-refractivity contribution in [3.63, 3.8) is 0 Å². The van der Waals surface area contributed by atoms with Gasteiger partial charge < -0.3 is 5.11 Å². The number of carboxylic acids is 1. The highest BCUT2D eigenvalue weighted by Crippen LogP contribution is 2.30. The second-order valence-corrected chi connectivity index (χ2v) is 5.87. The molecule has 2 unspecified atom stereocenters. The summed E-state index contributed by atoms with van der Waals surface area (Å²) in [7, 11) is 0. The van der Waals surface area contributed by atoms with Crippen LogP contribution < -0.4 is 0 Å². The molecule has 1 N–H and O–H groups in total. The molecule has 2 aromatic rings. The predicted octanol–water partition coefficient (Wildman–Crippen LogP) is 3.84. The van der Waals surface area contributed by atoms with Crippen LogP contribution in [0.3, 0.4) is 0 Å². The minimum Gasteiger partial charge on any atom is -0.480 e. The molecule has 0 aliphatic carbocycles. The van der Waals surface area contributed by atoms with Crippen molar-refractivity contribution in [2.75, 3.05) is 6.54 Å². The van der Waals surface area contributed by atoms with Crippen molar-refractivity contribution in [1.29, 1.82) is 0 Å². The Balaban J connectivity index is 1.91. The Kier molecular flexibility index (Phi) is 3.93. The second kappa shape index (κ2) is 5.86. The third kappa shape index (κ3) is 2.79. The average molecular weight is 283 g/mol. The van der Waals surface area contributed by atoms with Crippen LogP contribution in [0, 0.1) is 0 Å². The van der Waals surface area contributed by atoms with Gasteiger partial charge in [-0.3, -0.25) is 9.69 Å². The number of fused-ring (bicyclic) bond motifs is 1. The molecule has 2 atom stereocenters. The molecule has 21 heavy (non-hydrogen) atoms. The van der Waals surface area contributed by atoms with Crippen LogP contribution in [0.25, 0.3) is 10.8 Å². The molecule has 110 valence electrons. The standard InChI is InChI=1S/C18H21NO2/c1-13(19-11-5-4-8-17(19)18(20)21)15-10-9-14-6-2-3-7-16(14)12-15/h2-3,6-7,9-10,12-13,17H,4-5,8,11H2,1H3,(H,20,21). The first kappa shape index (κ1) is 14.1. The fourth-order valence-corrected chi connectivity index (χ4v) is 3.34. The molecule has 1 aliphatic rings. The number of benzene rings is 2. The molecule has 0 aromatic heterocycles. The zero-order valence-electron chi connectivity index (χ0n) is 12.3. The van der Waals surface area contributed by atoms with Crippen molar-refractivity contribution in [1.82, 2.24) is 4.90 Å². The SMILES string of the molecule is CC(c1ccc2ccccc2c1)N1CCCCC1C(=O)O. The monoisotopic (exact) mass is 283 g/mol. The molecule has 0 radical (unpaired) electrons. The maximum atomic E-state index is 11.5. The van der Waals surface area contributed by atoms with Gasteiger partial charge in [-0.25, -0.2) is 0 Å². The highest BCUT2D eigenvalue weighted by Gasteiger charge is 2.32. The Hall–Kier alpha value is -1.87. The van der Waals surface area contributed by atoms with Crippen molar-refractivity contribution in [2.45, 2.75) is 38.3 Å². The van der Waals surface area contributed by atoms with Crippen molar-refractivity contribution in [3.8, 4) is 0 Å². The lowest BCUT2D eigenvalue weighted by Gasteiger charge is -2.37. The molecular weight excluding hydrogens is 262 g/mol. The van der Waals surface area contributed by atoms with E-state index in [1.807, 2.05) is 12.1 Å². The summed E-state index contributed by atoms with van der Waals surface area (Å²) in [6, 6.07) is 14.5. The van der Waals surface area contributed by atoms with Crippen molar-refractivity contribution in [2.24, 2.45) is 0 Å². The molecule has 0 spiro atoms. The Bertz CT molecular complexity index is 652. The molecule has 2 aromatic carbocycles. The van der Waals surface area contributed by atoms with Gasteiger partial charge in [0.15, 0.2) is 0 Å². The summed E-state index contributed by atoms with van der Waals surface area (Å²) in [6.45, 7) is 2.98. The molecule has 1 fully saturated rings. The maximum Gasteiger partial charge on any atom is 0.320 e. The highest BCUT2D eigenvalue weighted by atomic mass is 16.4. The predicted molar refractivity (Wildman–Crippen MR) is 84.3 cm³/mol. The highest BCUT2D eigenvalue weighted by molar-refractivity contribution is 5.83. The third-order valence-corrected chi connectivity index (χ3v) is 4.58. The number of nitrogens with zero attached hydrogens (tertiary/aromatic N) is 1. The van der Waals surface area contributed by atoms with Gasteiger partial charge in [-0.15, -0.1) is 0 Å². The van der Waals surface area contributed by atoms with Crippen molar-refractivity contribution >= 4 is 16.7 Å². The first-order chi connectivity index (χ1) is 10.2. The molecule has 3 heteroatoms. The van der Waals surface area contributed by atoms with Gasteiger partial charge in [0.25, 0.3) is 0 Å². The molecule has 1 aliphatic heterocycles. The minimum absolute atomic E-state index is 0.135. The second-order valence-electron chi connectivity index (χ2n) is 5.87. The summed E-state index contributed by atoms with van der Waals surface area (Å²) in [4.78, 5) is 13.6. The molecule has 0 saturated carbocycles. The van der Waals surface area contributed by atoms with E-state index in [9.17, 15) is 9.90 Å². The number of rotatable bonds is 3. The first-order valence-corrected chi connectivity index (χ1v) is 7.64. The summed E-state index contributed by atoms with van der Waals surface area (Å²) < 4.78 is 0. The smallest absolute Gasteiger partial charge is 0.320 e. The van der Waals surface area contributed by atoms with Crippen molar-refractivity contribution in [3.05, 3.63) is 48.0 Å². The van der Waals surface area contributed by atoms with E-state index < -0.39 is 5.97 Å². The van der Waals surface area contributed by atoms with Gasteiger partial charge in [0.05, 0.1) is 0 Å². The lowest BCUT2D eigenvalue weighted by molar-refractivity contribution is -0.145. The van der Waals surface area contributed by atoms with E-state index in [1.54, 1.807) is 0 Å². The van der Waals surface area contributed by atoms with E-state index in [-0.39, 0.29) is 12.1 Å². The zero-order chi connectivity index (χ0) is 14.8. The van der Waals surface area contributed by atoms with E-state index in [2.05, 4.69) is 42.2 Å². The lowest BCUT2D eigenvalue weighted by Crippen LogP contribution is -2.45. The van der Waals surface area contributed by atoms with E-state index in [1.165, 1.54) is 16.3 Å². The van der Waals surface area contributed by atoms with Crippen LogP contribution in [0.2, 0.25) is 0 Å². The number of hydrogen-bond donors (Lipinski definition) is 1. The number of piperidine rings is 1. The molecule has 1 heterocycles. The van der Waals surface area contributed by atoms with Gasteiger partial charge in [-0.05, 0) is 48.7 Å². The van der Waals surface area contributed by atoms with E-state index in [0.29, 0.717) is 0 Å². The number of carbonyl (C=O) groups is 1. The molecule has 1 saturated heterocycles. The molecule has 3 nitrogen and oxygen atoms in total. The molecule has 0 bridgehead atoms. The minimum atomic E-state index is -0.692. The Morgan fingerprint density at radius 1 is 1.19 bits per heavy atom. The zero-order valence-corrected chi connectivity index (χ0v) is 12.3. The van der Waals surface area contributed by atoms with Gasteiger partial charge >= 0.3 is 5.97 Å². The van der Waals surface area contributed by atoms with E-state index >= 15 is 0 Å². The van der Waals surface area contributed by atoms with Crippen molar-refractivity contribution < 1.29 is 9.90 Å². The quantitative estimate of drug-likeness (QED) is 0.930. The summed E-state index contributed by atoms with van der Waals surface area (Å²) in [5, 5.41) is 11.9. The fraction of sp³-hybridized carbons (Fsp3) is 0.389. The third-order valence-electron chi connectivity index (χ3n) is 4.58. The van der Waals surface area contributed by atoms with Gasteiger partial charge in [0.1, 0.15) is 6.04 Å². The topological polar surface area (TPSA) is 40.5 Å². The summed E-state index contributed by atoms with van der Waals surface area (Å²) in [6.07, 6.45) is 2.85. The largest absolute Gasteiger partial charge is 0.480 e. The van der Waals surface area contributed by atoms with Crippen LogP contribution in [0.4, 0.5) is 0 Å². The Morgan fingerprint density at radius 2 is 1.95 bits per heavy atom. The van der Waals surface area contributed by atoms with Crippen LogP contribution >= 0.6 is 0 Å². The molecular formula is C18H21NO2. The number of hydrogen-bond acceptors (Lipinski definition) is 2. The fourth-order valence-electron chi connectivity index (χ4n) is 3.34. The summed E-state index contributed by atoms with van der Waals surface area (Å²) in [5.41, 5.74) is 1.20. The van der Waals surface area contributed by atoms with Crippen LogP contribution in [0.1, 0.15) is 37.8 Å². The number of likely N-dealkylation sites (tertiary alicyclic amines) is 1. The van der Waals surface area contributed by atoms with Gasteiger partial charge in [-0.2, -0.15) is 0 Å². The van der Waals surface area contributed by atoms with Crippen LogP contribution in [-0.2, 0) is 4.79 Å². The lowest BCUT2D eigenvalue weighted by atomic mass is 9.96. The van der Waals surface area contributed by atoms with Gasteiger partial charge in [0.2, 0.25) is 0 Å². The molecule has 3 rings (SSSR count). The van der Waals surface area contributed by atoms with Gasteiger partial charge in [0, 0.05) is 6.04 Å². The van der Waals surface area contributed by atoms with Crippen LogP contribution in [0.15, 0.2) is 42.5 Å². The first-order valence-electron chi connectivity index (χ1n) is 7.64. The molecule has 0 amide bonds. The van der Waals surface area contributed by atoms with E-state index in [0.717, 1.165) is 25.8 Å². The normalized spacial score (nSPS) is 21.3. The van der Waals surface area contributed by atoms with Crippen LogP contribution in [0.5, 0.6) is 0 Å². The summed E-state index contributed by atoms with van der Waals surface area (Å²) >= 11 is 0. The number of carboxylic acid groups (broad SMARTS) is 1. The number of aliphatic carboxylic acids is 1. The average Bonchev–Trinajstić information content (AvgIpc) is 2.53. The summed E-state index contributed by atoms with van der Waals surface area (Å²) in [5.74, 6) is -0.692. The van der Waals surface area contributed by atoms with Gasteiger partial charge in [-0.1, -0.05) is 42.8 Å². The van der Waals surface area contributed by atoms with Crippen LogP contribution in [-0.4, -0.2) is 28.6 Å². The Labute approximate surface area is 125 Å².